The highest BCUT2D eigenvalue weighted by molar-refractivity contribution is 7.15. The summed E-state index contributed by atoms with van der Waals surface area (Å²) < 4.78 is 0. The summed E-state index contributed by atoms with van der Waals surface area (Å²) in [5, 5.41) is 1.16. The highest BCUT2D eigenvalue weighted by Gasteiger charge is 2.27. The summed E-state index contributed by atoms with van der Waals surface area (Å²) in [5.74, 6) is 0.453. The van der Waals surface area contributed by atoms with E-state index >= 15 is 0 Å². The number of nitrogens with zero attached hydrogens (tertiary/aromatic N) is 3. The molecule has 114 valence electrons. The number of nitrogens with two attached hydrogens (primary N) is 1. The maximum Gasteiger partial charge on any atom is 0.185 e. The lowest BCUT2D eigenvalue weighted by Crippen LogP contribution is -2.53. The fourth-order valence-corrected chi connectivity index (χ4v) is 3.80. The van der Waals surface area contributed by atoms with E-state index < -0.39 is 0 Å². The highest BCUT2D eigenvalue weighted by atomic mass is 32.1. The van der Waals surface area contributed by atoms with Crippen molar-refractivity contribution in [2.75, 3.05) is 31.1 Å². The second-order valence-electron chi connectivity index (χ2n) is 6.81. The molecule has 1 saturated heterocycles. The van der Waals surface area contributed by atoms with Crippen molar-refractivity contribution in [3.8, 4) is 0 Å². The molecule has 0 spiro atoms. The van der Waals surface area contributed by atoms with Crippen molar-refractivity contribution in [1.29, 1.82) is 0 Å². The van der Waals surface area contributed by atoms with E-state index in [0.717, 1.165) is 31.3 Å². The number of hydrogen-bond acceptors (Lipinski definition) is 5. The molecule has 0 unspecified atom stereocenters. The molecular formula is C15H28N4S. The summed E-state index contributed by atoms with van der Waals surface area (Å²) in [7, 11) is 0. The first kappa shape index (κ1) is 15.7. The molecular weight excluding hydrogens is 268 g/mol. The van der Waals surface area contributed by atoms with Crippen molar-refractivity contribution < 1.29 is 0 Å². The molecule has 0 saturated carbocycles. The van der Waals surface area contributed by atoms with Crippen LogP contribution in [0.15, 0.2) is 0 Å². The zero-order valence-corrected chi connectivity index (χ0v) is 14.3. The molecule has 1 aliphatic heterocycles. The second kappa shape index (κ2) is 6.00. The predicted molar refractivity (Wildman–Crippen MR) is 87.6 cm³/mol. The third-order valence-electron chi connectivity index (χ3n) is 3.95. The first-order valence-corrected chi connectivity index (χ1v) is 8.34. The summed E-state index contributed by atoms with van der Waals surface area (Å²) in [5.41, 5.74) is 7.30. The molecule has 0 aliphatic carbocycles. The van der Waals surface area contributed by atoms with Crippen LogP contribution >= 0.6 is 11.3 Å². The Hall–Kier alpha value is -0.650. The van der Waals surface area contributed by atoms with Gasteiger partial charge in [-0.3, -0.25) is 4.90 Å². The fourth-order valence-electron chi connectivity index (χ4n) is 2.65. The summed E-state index contributed by atoms with van der Waals surface area (Å²) in [6, 6.07) is 0. The first-order chi connectivity index (χ1) is 9.32. The lowest BCUT2D eigenvalue weighted by atomic mass is 10.1. The minimum Gasteiger partial charge on any atom is -0.346 e. The Morgan fingerprint density at radius 3 is 2.20 bits per heavy atom. The Bertz CT molecular complexity index is 439. The topological polar surface area (TPSA) is 45.4 Å². The molecule has 1 fully saturated rings. The molecule has 1 aliphatic rings. The Morgan fingerprint density at radius 2 is 1.80 bits per heavy atom. The van der Waals surface area contributed by atoms with Gasteiger partial charge in [0.15, 0.2) is 5.13 Å². The summed E-state index contributed by atoms with van der Waals surface area (Å²) in [6.07, 6.45) is 0. The van der Waals surface area contributed by atoms with Gasteiger partial charge < -0.3 is 10.6 Å². The summed E-state index contributed by atoms with van der Waals surface area (Å²) >= 11 is 1.77. The van der Waals surface area contributed by atoms with Crippen molar-refractivity contribution in [1.82, 2.24) is 9.88 Å². The van der Waals surface area contributed by atoms with E-state index in [1.54, 1.807) is 11.3 Å². The fraction of sp³-hybridized carbons (Fsp3) is 0.800. The Morgan fingerprint density at radius 1 is 1.20 bits per heavy atom. The Kier molecular flexibility index (Phi) is 4.72. The second-order valence-corrected chi connectivity index (χ2v) is 7.87. The number of anilines is 1. The molecule has 1 aromatic heterocycles. The van der Waals surface area contributed by atoms with Crippen LogP contribution in [0.1, 0.15) is 51.1 Å². The van der Waals surface area contributed by atoms with Crippen LogP contribution in [-0.2, 0) is 6.54 Å². The third-order valence-corrected chi connectivity index (χ3v) is 5.10. The van der Waals surface area contributed by atoms with Gasteiger partial charge in [0.25, 0.3) is 0 Å². The van der Waals surface area contributed by atoms with E-state index in [4.69, 9.17) is 10.7 Å². The van der Waals surface area contributed by atoms with Crippen LogP contribution < -0.4 is 10.6 Å². The SMILES string of the molecule is CC(C)c1nc(N2CCN(C(C)(C)C)CC2)sc1CN. The molecule has 0 amide bonds. The van der Waals surface area contributed by atoms with Gasteiger partial charge in [0, 0.05) is 43.1 Å². The zero-order chi connectivity index (χ0) is 14.9. The molecule has 2 heterocycles. The number of aromatic nitrogens is 1. The smallest absolute Gasteiger partial charge is 0.185 e. The molecule has 0 aromatic carbocycles. The predicted octanol–water partition coefficient (Wildman–Crippen LogP) is 2.65. The van der Waals surface area contributed by atoms with Crippen molar-refractivity contribution in [3.05, 3.63) is 10.6 Å². The molecule has 20 heavy (non-hydrogen) atoms. The minimum atomic E-state index is 0.264. The normalized spacial score (nSPS) is 18.1. The molecule has 5 heteroatoms. The Balaban J connectivity index is 2.07. The monoisotopic (exact) mass is 296 g/mol. The van der Waals surface area contributed by atoms with Gasteiger partial charge in [-0.05, 0) is 26.7 Å². The highest BCUT2D eigenvalue weighted by Crippen LogP contribution is 2.31. The maximum atomic E-state index is 5.85. The number of thiazole rings is 1. The van der Waals surface area contributed by atoms with Gasteiger partial charge in [-0.2, -0.15) is 0 Å². The van der Waals surface area contributed by atoms with E-state index in [2.05, 4.69) is 44.4 Å². The van der Waals surface area contributed by atoms with Gasteiger partial charge in [-0.25, -0.2) is 4.98 Å². The van der Waals surface area contributed by atoms with Gasteiger partial charge in [0.1, 0.15) is 0 Å². The van der Waals surface area contributed by atoms with Crippen LogP contribution in [0.25, 0.3) is 0 Å². The van der Waals surface area contributed by atoms with E-state index in [9.17, 15) is 0 Å². The van der Waals surface area contributed by atoms with Crippen LogP contribution in [0.5, 0.6) is 0 Å². The van der Waals surface area contributed by atoms with Crippen LogP contribution in [0.3, 0.4) is 0 Å². The van der Waals surface area contributed by atoms with Crippen LogP contribution in [0.2, 0.25) is 0 Å². The van der Waals surface area contributed by atoms with E-state index in [-0.39, 0.29) is 5.54 Å². The van der Waals surface area contributed by atoms with Crippen LogP contribution in [0.4, 0.5) is 5.13 Å². The lowest BCUT2D eigenvalue weighted by Gasteiger charge is -2.42. The molecule has 4 nitrogen and oxygen atoms in total. The van der Waals surface area contributed by atoms with E-state index in [1.165, 1.54) is 10.6 Å². The third kappa shape index (κ3) is 3.32. The average molecular weight is 296 g/mol. The molecule has 1 aromatic rings. The van der Waals surface area contributed by atoms with Crippen molar-refractivity contribution in [3.63, 3.8) is 0 Å². The Labute approximate surface area is 127 Å². The molecule has 2 rings (SSSR count). The standard InChI is InChI=1S/C15H28N4S/c1-11(2)13-12(10-16)20-14(17-13)18-6-8-19(9-7-18)15(3,4)5/h11H,6-10,16H2,1-5H3. The van der Waals surface area contributed by atoms with Gasteiger partial charge in [-0.15, -0.1) is 11.3 Å². The van der Waals surface area contributed by atoms with Gasteiger partial charge in [0.2, 0.25) is 0 Å². The van der Waals surface area contributed by atoms with E-state index in [1.807, 2.05) is 0 Å². The first-order valence-electron chi connectivity index (χ1n) is 7.52. The van der Waals surface area contributed by atoms with Gasteiger partial charge >= 0.3 is 0 Å². The lowest BCUT2D eigenvalue weighted by molar-refractivity contribution is 0.128. The minimum absolute atomic E-state index is 0.264. The van der Waals surface area contributed by atoms with Gasteiger partial charge in [-0.1, -0.05) is 13.8 Å². The largest absolute Gasteiger partial charge is 0.346 e. The maximum absolute atomic E-state index is 5.85. The number of piperazine rings is 1. The van der Waals surface area contributed by atoms with Crippen molar-refractivity contribution in [2.24, 2.45) is 5.73 Å². The number of hydrogen-bond donors (Lipinski definition) is 1. The average Bonchev–Trinajstić information content (AvgIpc) is 2.82. The van der Waals surface area contributed by atoms with Crippen molar-refractivity contribution in [2.45, 2.75) is 52.6 Å². The van der Waals surface area contributed by atoms with Crippen LogP contribution in [0, 0.1) is 0 Å². The molecule has 0 bridgehead atoms. The quantitative estimate of drug-likeness (QED) is 0.931. The zero-order valence-electron chi connectivity index (χ0n) is 13.4. The summed E-state index contributed by atoms with van der Waals surface area (Å²) in [6.45, 7) is 16.2. The van der Waals surface area contributed by atoms with Gasteiger partial charge in [0.05, 0.1) is 5.69 Å². The summed E-state index contributed by atoms with van der Waals surface area (Å²) in [4.78, 5) is 11.0. The number of rotatable bonds is 3. The molecule has 2 N–H and O–H groups in total. The van der Waals surface area contributed by atoms with Crippen LogP contribution in [-0.4, -0.2) is 41.6 Å². The van der Waals surface area contributed by atoms with Crippen molar-refractivity contribution >= 4 is 16.5 Å². The molecule has 0 radical (unpaired) electrons. The molecule has 0 atom stereocenters. The van der Waals surface area contributed by atoms with E-state index in [0.29, 0.717) is 12.5 Å².